The van der Waals surface area contributed by atoms with Gasteiger partial charge >= 0.3 is 11.9 Å². The van der Waals surface area contributed by atoms with E-state index in [-0.39, 0.29) is 39.7 Å². The maximum atomic E-state index is 14.5. The first-order valence-corrected chi connectivity index (χ1v) is 21.7. The number of hydrogen-bond acceptors (Lipinski definition) is 10. The third kappa shape index (κ3) is 6.98. The quantitative estimate of drug-likeness (QED) is 0.111. The molecule has 0 saturated carbocycles. The lowest BCUT2D eigenvalue weighted by Crippen LogP contribution is -2.61. The van der Waals surface area contributed by atoms with E-state index in [0.717, 1.165) is 34.8 Å². The third-order valence-corrected chi connectivity index (χ3v) is 13.0. The maximum Gasteiger partial charge on any atom is 0.429 e. The zero-order chi connectivity index (χ0) is 44.3. The average Bonchev–Trinajstić information content (AvgIpc) is 4.14. The molecule has 4 aromatic carbocycles. The minimum atomic E-state index is -0.448. The summed E-state index contributed by atoms with van der Waals surface area (Å²) in [5.41, 5.74) is 3.92. The topological polar surface area (TPSA) is 165 Å². The molecular weight excluding hydrogens is 855 g/mol. The lowest BCUT2D eigenvalue weighted by molar-refractivity contribution is -0.775. The molecule has 2 fully saturated rings. The number of carbonyl (C=O) groups is 3. The summed E-state index contributed by atoms with van der Waals surface area (Å²) in [4.78, 5) is 66.5. The first-order valence-electron chi connectivity index (χ1n) is 20.9. The van der Waals surface area contributed by atoms with Gasteiger partial charge in [-0.25, -0.2) is 29.5 Å². The van der Waals surface area contributed by atoms with E-state index < -0.39 is 16.4 Å². The molecule has 4 aromatic heterocycles. The Hall–Kier alpha value is -6.87. The van der Waals surface area contributed by atoms with Crippen molar-refractivity contribution < 1.29 is 32.8 Å². The molecule has 8 aromatic rings. The molecule has 16 heteroatoms. The number of nitrogens with one attached hydrogen (secondary N) is 2. The minimum absolute atomic E-state index is 0.128. The molecule has 64 heavy (non-hydrogen) atoms. The summed E-state index contributed by atoms with van der Waals surface area (Å²) in [6.07, 6.45) is 4.59. The number of aromatic amines is 1. The van der Waals surface area contributed by atoms with Gasteiger partial charge in [-0.15, -0.1) is 0 Å². The van der Waals surface area contributed by atoms with Crippen molar-refractivity contribution in [2.75, 3.05) is 32.6 Å². The van der Waals surface area contributed by atoms with Crippen molar-refractivity contribution in [1.82, 2.24) is 29.8 Å². The number of H-pyrrole nitrogens is 1. The number of nitrogens with zero attached hydrogens (tertiary/aromatic N) is 6. The fourth-order valence-electron chi connectivity index (χ4n) is 9.31. The van der Waals surface area contributed by atoms with Crippen molar-refractivity contribution in [2.24, 2.45) is 0 Å². The predicted molar refractivity (Wildman–Crippen MR) is 244 cm³/mol. The molecule has 0 aliphatic carbocycles. The Kier molecular flexibility index (Phi) is 10.5. The number of aromatic nitrogens is 5. The molecule has 0 bridgehead atoms. The van der Waals surface area contributed by atoms with Crippen LogP contribution in [0.15, 0.2) is 102 Å². The highest BCUT2D eigenvalue weighted by Gasteiger charge is 2.54. The Labute approximate surface area is 376 Å². The van der Waals surface area contributed by atoms with E-state index in [0.29, 0.717) is 82.3 Å². The van der Waals surface area contributed by atoms with Crippen LogP contribution in [-0.4, -0.2) is 85.5 Å². The Bertz CT molecular complexity index is 3170. The number of pyridine rings is 2. The second kappa shape index (κ2) is 16.4. The van der Waals surface area contributed by atoms with Gasteiger partial charge in [0.1, 0.15) is 39.4 Å². The van der Waals surface area contributed by atoms with Crippen LogP contribution in [0.4, 0.5) is 10.5 Å². The number of benzene rings is 4. The summed E-state index contributed by atoms with van der Waals surface area (Å²) in [5, 5.41) is 5.95. The summed E-state index contributed by atoms with van der Waals surface area (Å²) in [6, 6.07) is 26.1. The van der Waals surface area contributed by atoms with Crippen molar-refractivity contribution in [2.45, 2.75) is 44.7 Å². The largest absolute Gasteiger partial charge is 0.496 e. The van der Waals surface area contributed by atoms with Gasteiger partial charge in [0.2, 0.25) is 5.89 Å². The number of anilines is 1. The van der Waals surface area contributed by atoms with E-state index in [9.17, 15) is 14.4 Å². The number of halogens is 2. The van der Waals surface area contributed by atoms with Crippen LogP contribution in [0.5, 0.6) is 11.5 Å². The predicted octanol–water partition coefficient (Wildman–Crippen LogP) is 10.7. The molecule has 0 radical (unpaired) electrons. The highest BCUT2D eigenvalue weighted by molar-refractivity contribution is 6.31. The summed E-state index contributed by atoms with van der Waals surface area (Å²) >= 11 is 12.8. The number of methoxy groups -OCH3 is 2. The van der Waals surface area contributed by atoms with Crippen LogP contribution in [0.1, 0.15) is 65.5 Å². The molecule has 1 unspecified atom stereocenters. The van der Waals surface area contributed by atoms with E-state index in [1.54, 1.807) is 79.9 Å². The third-order valence-electron chi connectivity index (χ3n) is 12.6. The van der Waals surface area contributed by atoms with Crippen molar-refractivity contribution in [3.05, 3.63) is 125 Å². The van der Waals surface area contributed by atoms with Crippen LogP contribution < -0.4 is 14.8 Å². The molecule has 10 rings (SSSR count). The SMILES string of the molecule is COc1cccc2c(C(=O)N3CCC[C@H]3c3nc4ccc(-c5cnc(-c6ccc(NC(=O)[N+]7(C(=O)c8nc(Cl)cc9c(OC)cccc89)CCC[C@H]7C)cc6)o5)cc4[nH]3)nc(Cl)cc12. The Morgan fingerprint density at radius 1 is 0.797 bits per heavy atom. The van der Waals surface area contributed by atoms with E-state index >= 15 is 0 Å². The van der Waals surface area contributed by atoms with Crippen LogP contribution in [0, 0.1) is 0 Å². The summed E-state index contributed by atoms with van der Waals surface area (Å²) in [7, 11) is 3.13. The minimum Gasteiger partial charge on any atom is -0.496 e. The fraction of sp³-hybridized carbons (Fsp3) is 0.229. The lowest BCUT2D eigenvalue weighted by atomic mass is 10.1. The molecule has 4 amide bonds. The van der Waals surface area contributed by atoms with E-state index in [1.165, 1.54) is 0 Å². The van der Waals surface area contributed by atoms with Crippen LogP contribution in [0.3, 0.4) is 0 Å². The number of likely N-dealkylation sites (tertiary alicyclic amines) is 2. The first kappa shape index (κ1) is 41.2. The summed E-state index contributed by atoms with van der Waals surface area (Å²) < 4.78 is 16.9. The Morgan fingerprint density at radius 2 is 1.47 bits per heavy atom. The van der Waals surface area contributed by atoms with Crippen LogP contribution in [-0.2, 0) is 0 Å². The number of imide groups is 1. The molecule has 322 valence electrons. The average molecular weight is 897 g/mol. The highest BCUT2D eigenvalue weighted by atomic mass is 35.5. The van der Waals surface area contributed by atoms with Gasteiger partial charge in [0, 0.05) is 57.7 Å². The lowest BCUT2D eigenvalue weighted by Gasteiger charge is -2.32. The molecule has 2 aliphatic rings. The number of fused-ring (bicyclic) bond motifs is 3. The molecule has 2 N–H and O–H groups in total. The van der Waals surface area contributed by atoms with E-state index in [1.807, 2.05) is 43.3 Å². The van der Waals surface area contributed by atoms with Gasteiger partial charge in [0.25, 0.3) is 5.91 Å². The van der Waals surface area contributed by atoms with Gasteiger partial charge in [0.05, 0.1) is 44.0 Å². The normalized spacial score (nSPS) is 18.5. The molecule has 14 nitrogen and oxygen atoms in total. The van der Waals surface area contributed by atoms with Crippen molar-refractivity contribution >= 4 is 79.3 Å². The maximum absolute atomic E-state index is 14.5. The summed E-state index contributed by atoms with van der Waals surface area (Å²) in [5.74, 6) is 2.14. The first-order chi connectivity index (χ1) is 31.1. The van der Waals surface area contributed by atoms with Crippen molar-refractivity contribution in [3.8, 4) is 34.3 Å². The van der Waals surface area contributed by atoms with E-state index in [2.05, 4.69) is 25.3 Å². The van der Waals surface area contributed by atoms with Gasteiger partial charge in [-0.2, -0.15) is 4.48 Å². The van der Waals surface area contributed by atoms with Crippen molar-refractivity contribution in [1.29, 1.82) is 0 Å². The second-order valence-corrected chi connectivity index (χ2v) is 16.9. The highest BCUT2D eigenvalue weighted by Crippen LogP contribution is 2.38. The number of rotatable bonds is 8. The van der Waals surface area contributed by atoms with Gasteiger partial charge in [-0.05, 0) is 86.5 Å². The monoisotopic (exact) mass is 895 g/mol. The number of urea groups is 1. The fourth-order valence-corrected chi connectivity index (χ4v) is 9.70. The number of hydrogen-bond donors (Lipinski definition) is 2. The van der Waals surface area contributed by atoms with Crippen molar-refractivity contribution in [3.63, 3.8) is 0 Å². The molecule has 0 spiro atoms. The second-order valence-electron chi connectivity index (χ2n) is 16.1. The summed E-state index contributed by atoms with van der Waals surface area (Å²) in [6.45, 7) is 2.79. The number of oxazole rings is 1. The molecule has 2 aliphatic heterocycles. The Balaban J connectivity index is 0.861. The molecule has 2 saturated heterocycles. The van der Waals surface area contributed by atoms with Crippen LogP contribution in [0.25, 0.3) is 55.4 Å². The Morgan fingerprint density at radius 3 is 2.14 bits per heavy atom. The van der Waals surface area contributed by atoms with Gasteiger partial charge in [-0.3, -0.25) is 10.1 Å². The smallest absolute Gasteiger partial charge is 0.429 e. The van der Waals surface area contributed by atoms with Crippen LogP contribution in [0.2, 0.25) is 10.3 Å². The molecule has 3 atom stereocenters. The number of amides is 4. The number of ether oxygens (including phenoxy) is 2. The van der Waals surface area contributed by atoms with Gasteiger partial charge in [-0.1, -0.05) is 47.5 Å². The standard InChI is InChI=1S/C48H40Cl2N8O6/c1-26-8-7-21-58(26,47(60)43-31-10-5-13-38(63-3)33(31)24-41(50)56-43)48(61)52-29-17-14-27(15-18-29)45-51-25-39(64-45)28-16-19-34-35(22-28)54-44(53-34)36-11-6-20-57(36)46(59)42-30-9-4-12-37(62-2)32(30)23-40(49)55-42/h4-5,9-10,12-19,22-26,36H,6-8,11,20-21H2,1-3H3,(H-,51,52,53,54,55,56,59,60,61)/p+1/t26-,36+,58?/m1/s1. The van der Waals surface area contributed by atoms with Gasteiger partial charge in [0.15, 0.2) is 11.5 Å². The number of carbonyl (C=O) groups excluding carboxylic acids is 3. The number of quaternary nitrogens is 1. The van der Waals surface area contributed by atoms with E-state index in [4.69, 9.17) is 42.1 Å². The van der Waals surface area contributed by atoms with Gasteiger partial charge < -0.3 is 23.8 Å². The number of imidazole rings is 1. The zero-order valence-electron chi connectivity index (χ0n) is 35.0. The molecular formula is C48H41Cl2N8O6+. The van der Waals surface area contributed by atoms with Crippen LogP contribution >= 0.6 is 23.2 Å². The zero-order valence-corrected chi connectivity index (χ0v) is 36.5. The molecule has 6 heterocycles.